The second kappa shape index (κ2) is 6.49. The molecule has 1 aromatic carbocycles. The van der Waals surface area contributed by atoms with Crippen LogP contribution in [-0.2, 0) is 4.74 Å². The molecular formula is C13H17IN2O2. The van der Waals surface area contributed by atoms with Crippen molar-refractivity contribution < 1.29 is 9.53 Å². The highest BCUT2D eigenvalue weighted by atomic mass is 127. The number of hydrogen-bond acceptors (Lipinski definition) is 3. The molecule has 1 atom stereocenters. The summed E-state index contributed by atoms with van der Waals surface area (Å²) < 4.78 is 6.36. The van der Waals surface area contributed by atoms with E-state index >= 15 is 0 Å². The highest BCUT2D eigenvalue weighted by Gasteiger charge is 2.16. The molecule has 98 valence electrons. The topological polar surface area (TPSA) is 50.4 Å². The van der Waals surface area contributed by atoms with E-state index in [1.54, 1.807) is 0 Å². The Labute approximate surface area is 121 Å². The van der Waals surface area contributed by atoms with Crippen LogP contribution < -0.4 is 10.6 Å². The molecule has 1 aliphatic rings. The average molecular weight is 360 g/mol. The van der Waals surface area contributed by atoms with Gasteiger partial charge in [-0.15, -0.1) is 0 Å². The van der Waals surface area contributed by atoms with Crippen LogP contribution in [-0.4, -0.2) is 38.3 Å². The predicted molar refractivity (Wildman–Crippen MR) is 78.8 cm³/mol. The first kappa shape index (κ1) is 13.8. The van der Waals surface area contributed by atoms with Gasteiger partial charge in [-0.05, 0) is 41.1 Å². The Morgan fingerprint density at radius 1 is 1.61 bits per heavy atom. The number of morpholine rings is 1. The van der Waals surface area contributed by atoms with Gasteiger partial charge in [0.2, 0.25) is 0 Å². The normalized spacial score (nSPS) is 19.6. The van der Waals surface area contributed by atoms with Crippen LogP contribution in [0.5, 0.6) is 0 Å². The van der Waals surface area contributed by atoms with Crippen molar-refractivity contribution in [2.45, 2.75) is 13.0 Å². The number of halogens is 1. The van der Waals surface area contributed by atoms with E-state index in [0.29, 0.717) is 13.2 Å². The number of carbonyl (C=O) groups excluding carboxylic acids is 1. The van der Waals surface area contributed by atoms with E-state index in [1.807, 2.05) is 25.1 Å². The van der Waals surface area contributed by atoms with Crippen molar-refractivity contribution in [1.82, 2.24) is 10.6 Å². The molecule has 1 aromatic rings. The van der Waals surface area contributed by atoms with Gasteiger partial charge in [0.25, 0.3) is 5.91 Å². The number of carbonyl (C=O) groups is 1. The molecule has 0 saturated carbocycles. The second-order valence-corrected chi connectivity index (χ2v) is 5.45. The summed E-state index contributed by atoms with van der Waals surface area (Å²) in [5, 5.41) is 6.26. The smallest absolute Gasteiger partial charge is 0.252 e. The molecule has 5 heteroatoms. The number of hydrogen-bond donors (Lipinski definition) is 2. The zero-order valence-electron chi connectivity index (χ0n) is 10.3. The Morgan fingerprint density at radius 3 is 3.17 bits per heavy atom. The van der Waals surface area contributed by atoms with E-state index in [-0.39, 0.29) is 11.9 Å². The Kier molecular flexibility index (Phi) is 4.96. The molecule has 1 aliphatic heterocycles. The molecule has 1 unspecified atom stereocenters. The lowest BCUT2D eigenvalue weighted by atomic mass is 10.1. The SMILES string of the molecule is Cc1cccc(C(=O)NCC2COCCN2)c1I. The molecule has 0 spiro atoms. The summed E-state index contributed by atoms with van der Waals surface area (Å²) in [5.74, 6) is -0.0181. The minimum atomic E-state index is -0.0181. The van der Waals surface area contributed by atoms with Crippen LogP contribution >= 0.6 is 22.6 Å². The van der Waals surface area contributed by atoms with E-state index in [2.05, 4.69) is 33.2 Å². The summed E-state index contributed by atoms with van der Waals surface area (Å²) in [7, 11) is 0. The van der Waals surface area contributed by atoms with Gasteiger partial charge in [0, 0.05) is 22.7 Å². The maximum Gasteiger partial charge on any atom is 0.252 e. The molecule has 1 saturated heterocycles. The Hall–Kier alpha value is -0.660. The highest BCUT2D eigenvalue weighted by molar-refractivity contribution is 14.1. The molecule has 0 radical (unpaired) electrons. The summed E-state index contributed by atoms with van der Waals surface area (Å²) in [5.41, 5.74) is 1.87. The van der Waals surface area contributed by atoms with Crippen molar-refractivity contribution in [3.05, 3.63) is 32.9 Å². The largest absolute Gasteiger partial charge is 0.378 e. The minimum absolute atomic E-state index is 0.0181. The summed E-state index contributed by atoms with van der Waals surface area (Å²) >= 11 is 2.21. The zero-order chi connectivity index (χ0) is 13.0. The fourth-order valence-corrected chi connectivity index (χ4v) is 2.49. The summed E-state index contributed by atoms with van der Waals surface area (Å²) in [4.78, 5) is 12.1. The van der Waals surface area contributed by atoms with E-state index < -0.39 is 0 Å². The van der Waals surface area contributed by atoms with Gasteiger partial charge in [-0.1, -0.05) is 12.1 Å². The average Bonchev–Trinajstić information content (AvgIpc) is 2.40. The zero-order valence-corrected chi connectivity index (χ0v) is 12.5. The molecular weight excluding hydrogens is 343 g/mol. The number of ether oxygens (including phenoxy) is 1. The molecule has 1 fully saturated rings. The van der Waals surface area contributed by atoms with Crippen molar-refractivity contribution in [2.24, 2.45) is 0 Å². The van der Waals surface area contributed by atoms with Gasteiger partial charge in [0.15, 0.2) is 0 Å². The predicted octanol–water partition coefficient (Wildman–Crippen LogP) is 1.32. The van der Waals surface area contributed by atoms with Crippen LogP contribution in [0.2, 0.25) is 0 Å². The van der Waals surface area contributed by atoms with Gasteiger partial charge in [0.1, 0.15) is 0 Å². The first-order valence-corrected chi connectivity index (χ1v) is 7.11. The standard InChI is InChI=1S/C13H17IN2O2/c1-9-3-2-4-11(12(9)14)13(17)16-7-10-8-18-6-5-15-10/h2-4,10,15H,5-8H2,1H3,(H,16,17). The molecule has 0 aromatic heterocycles. The fraction of sp³-hybridized carbons (Fsp3) is 0.462. The van der Waals surface area contributed by atoms with Gasteiger partial charge in [-0.3, -0.25) is 4.79 Å². The molecule has 18 heavy (non-hydrogen) atoms. The molecule has 1 amide bonds. The second-order valence-electron chi connectivity index (χ2n) is 4.37. The van der Waals surface area contributed by atoms with Crippen molar-refractivity contribution >= 4 is 28.5 Å². The Bertz CT molecular complexity index is 431. The first-order valence-electron chi connectivity index (χ1n) is 6.03. The lowest BCUT2D eigenvalue weighted by molar-refractivity contribution is 0.0734. The van der Waals surface area contributed by atoms with Crippen molar-refractivity contribution in [3.63, 3.8) is 0 Å². The molecule has 2 rings (SSSR count). The quantitative estimate of drug-likeness (QED) is 0.800. The maximum atomic E-state index is 12.1. The van der Waals surface area contributed by atoms with Gasteiger partial charge in [-0.25, -0.2) is 0 Å². The van der Waals surface area contributed by atoms with E-state index in [1.165, 1.54) is 0 Å². The van der Waals surface area contributed by atoms with Gasteiger partial charge in [-0.2, -0.15) is 0 Å². The van der Waals surface area contributed by atoms with Crippen LogP contribution in [0.25, 0.3) is 0 Å². The Morgan fingerprint density at radius 2 is 2.44 bits per heavy atom. The molecule has 0 aliphatic carbocycles. The maximum absolute atomic E-state index is 12.1. The van der Waals surface area contributed by atoms with E-state index in [9.17, 15) is 4.79 Å². The van der Waals surface area contributed by atoms with Gasteiger partial charge in [0.05, 0.1) is 18.8 Å². The minimum Gasteiger partial charge on any atom is -0.378 e. The highest BCUT2D eigenvalue weighted by Crippen LogP contribution is 2.16. The van der Waals surface area contributed by atoms with Gasteiger partial charge >= 0.3 is 0 Å². The lowest BCUT2D eigenvalue weighted by Gasteiger charge is -2.24. The fourth-order valence-electron chi connectivity index (χ4n) is 1.88. The molecule has 4 nitrogen and oxygen atoms in total. The summed E-state index contributed by atoms with van der Waals surface area (Å²) in [6.07, 6.45) is 0. The summed E-state index contributed by atoms with van der Waals surface area (Å²) in [6, 6.07) is 5.99. The third-order valence-corrected chi connectivity index (χ3v) is 4.38. The summed E-state index contributed by atoms with van der Waals surface area (Å²) in [6.45, 7) is 4.87. The monoisotopic (exact) mass is 360 g/mol. The Balaban J connectivity index is 1.93. The third kappa shape index (κ3) is 3.43. The van der Waals surface area contributed by atoms with Crippen LogP contribution in [0.1, 0.15) is 15.9 Å². The van der Waals surface area contributed by atoms with E-state index in [4.69, 9.17) is 4.74 Å². The van der Waals surface area contributed by atoms with Crippen LogP contribution in [0.4, 0.5) is 0 Å². The number of aryl methyl sites for hydroxylation is 1. The van der Waals surface area contributed by atoms with Gasteiger partial charge < -0.3 is 15.4 Å². The van der Waals surface area contributed by atoms with Crippen molar-refractivity contribution in [3.8, 4) is 0 Å². The number of benzene rings is 1. The number of rotatable bonds is 3. The first-order chi connectivity index (χ1) is 8.68. The number of amides is 1. The van der Waals surface area contributed by atoms with Crippen molar-refractivity contribution in [2.75, 3.05) is 26.3 Å². The molecule has 1 heterocycles. The third-order valence-electron chi connectivity index (χ3n) is 2.94. The van der Waals surface area contributed by atoms with Crippen LogP contribution in [0.15, 0.2) is 18.2 Å². The molecule has 2 N–H and O–H groups in total. The van der Waals surface area contributed by atoms with E-state index in [0.717, 1.165) is 27.8 Å². The lowest BCUT2D eigenvalue weighted by Crippen LogP contribution is -2.48. The van der Waals surface area contributed by atoms with Crippen LogP contribution in [0.3, 0.4) is 0 Å². The number of nitrogens with one attached hydrogen (secondary N) is 2. The van der Waals surface area contributed by atoms with Crippen molar-refractivity contribution in [1.29, 1.82) is 0 Å². The van der Waals surface area contributed by atoms with Crippen LogP contribution in [0, 0.1) is 10.5 Å². The molecule has 0 bridgehead atoms.